The van der Waals surface area contributed by atoms with Crippen molar-refractivity contribution in [3.8, 4) is 5.75 Å². The third-order valence-corrected chi connectivity index (χ3v) is 4.36. The van der Waals surface area contributed by atoms with Crippen molar-refractivity contribution in [3.05, 3.63) is 51.0 Å². The highest BCUT2D eigenvalue weighted by molar-refractivity contribution is 9.10. The Morgan fingerprint density at radius 1 is 1.32 bits per heavy atom. The van der Waals surface area contributed by atoms with Gasteiger partial charge in [-0.05, 0) is 39.0 Å². The van der Waals surface area contributed by atoms with Crippen molar-refractivity contribution in [1.82, 2.24) is 0 Å². The lowest BCUT2D eigenvalue weighted by Crippen LogP contribution is -2.29. The van der Waals surface area contributed by atoms with Gasteiger partial charge in [0.05, 0.1) is 19.6 Å². The number of hydrogen-bond donors (Lipinski definition) is 1. The van der Waals surface area contributed by atoms with Crippen molar-refractivity contribution in [3.63, 3.8) is 0 Å². The van der Waals surface area contributed by atoms with Gasteiger partial charge in [0.15, 0.2) is 5.78 Å². The molecule has 1 atom stereocenters. The Morgan fingerprint density at radius 2 is 2.00 bits per heavy atom. The largest absolute Gasteiger partial charge is 0.496 e. The predicted molar refractivity (Wildman–Crippen MR) is 95.7 cm³/mol. The fourth-order valence-electron chi connectivity index (χ4n) is 2.89. The summed E-state index contributed by atoms with van der Waals surface area (Å²) in [6.07, 6.45) is 0. The van der Waals surface area contributed by atoms with E-state index in [2.05, 4.69) is 15.9 Å². The lowest BCUT2D eigenvalue weighted by atomic mass is 9.80. The molecule has 2 N–H and O–H groups in total. The molecule has 2 rings (SSSR count). The molecule has 1 aliphatic heterocycles. The van der Waals surface area contributed by atoms with Crippen LogP contribution in [0.4, 0.5) is 0 Å². The minimum atomic E-state index is -0.738. The van der Waals surface area contributed by atoms with Gasteiger partial charge in [-0.3, -0.25) is 4.79 Å². The summed E-state index contributed by atoms with van der Waals surface area (Å²) < 4.78 is 16.8. The van der Waals surface area contributed by atoms with Crippen molar-refractivity contribution in [2.75, 3.05) is 13.7 Å². The number of ketones is 1. The molecule has 1 aromatic carbocycles. The number of carbonyl (C=O) groups is 2. The molecule has 0 spiro atoms. The van der Waals surface area contributed by atoms with Crippen LogP contribution in [0, 0.1) is 0 Å². The van der Waals surface area contributed by atoms with E-state index in [1.54, 1.807) is 26.0 Å². The SMILES string of the molecule is CCOC(=O)C1=C(N)OC(C)=C(C(C)=O)[C@H]1c1cc(Br)ccc1OC. The molecule has 134 valence electrons. The van der Waals surface area contributed by atoms with Gasteiger partial charge in [0.2, 0.25) is 5.88 Å². The molecule has 0 aliphatic carbocycles. The average molecular weight is 410 g/mol. The van der Waals surface area contributed by atoms with Crippen LogP contribution in [0.3, 0.4) is 0 Å². The lowest BCUT2D eigenvalue weighted by Gasteiger charge is -2.29. The summed E-state index contributed by atoms with van der Waals surface area (Å²) in [4.78, 5) is 24.8. The van der Waals surface area contributed by atoms with Crippen molar-refractivity contribution >= 4 is 27.7 Å². The summed E-state index contributed by atoms with van der Waals surface area (Å²) in [6, 6.07) is 5.35. The monoisotopic (exact) mass is 409 g/mol. The highest BCUT2D eigenvalue weighted by Crippen LogP contribution is 2.44. The smallest absolute Gasteiger partial charge is 0.340 e. The minimum Gasteiger partial charge on any atom is -0.496 e. The summed E-state index contributed by atoms with van der Waals surface area (Å²) >= 11 is 3.42. The molecule has 0 amide bonds. The van der Waals surface area contributed by atoms with Crippen LogP contribution >= 0.6 is 15.9 Å². The Hall–Kier alpha value is -2.28. The van der Waals surface area contributed by atoms with Crippen LogP contribution < -0.4 is 10.5 Å². The van der Waals surface area contributed by atoms with E-state index in [4.69, 9.17) is 19.9 Å². The zero-order valence-corrected chi connectivity index (χ0v) is 16.1. The molecule has 6 nitrogen and oxygen atoms in total. The van der Waals surface area contributed by atoms with Gasteiger partial charge >= 0.3 is 5.97 Å². The highest BCUT2D eigenvalue weighted by Gasteiger charge is 2.39. The maximum Gasteiger partial charge on any atom is 0.340 e. The Morgan fingerprint density at radius 3 is 2.56 bits per heavy atom. The number of hydrogen-bond acceptors (Lipinski definition) is 6. The number of nitrogens with two attached hydrogens (primary N) is 1. The molecule has 0 saturated heterocycles. The van der Waals surface area contributed by atoms with Gasteiger partial charge in [0.1, 0.15) is 17.1 Å². The number of carbonyl (C=O) groups excluding carboxylic acids is 2. The lowest BCUT2D eigenvalue weighted by molar-refractivity contribution is -0.139. The van der Waals surface area contributed by atoms with Gasteiger partial charge in [-0.25, -0.2) is 4.79 Å². The van der Waals surface area contributed by atoms with E-state index >= 15 is 0 Å². The predicted octanol–water partition coefficient (Wildman–Crippen LogP) is 3.17. The van der Waals surface area contributed by atoms with Gasteiger partial charge in [-0.15, -0.1) is 0 Å². The zero-order valence-electron chi connectivity index (χ0n) is 14.5. The third-order valence-electron chi connectivity index (χ3n) is 3.86. The number of Topliss-reactive ketones (excluding diaryl/α,β-unsaturated/α-hetero) is 1. The second-order valence-corrected chi connectivity index (χ2v) is 6.36. The van der Waals surface area contributed by atoms with Crippen LogP contribution in [-0.2, 0) is 19.1 Å². The first-order valence-electron chi connectivity index (χ1n) is 7.71. The number of allylic oxidation sites excluding steroid dienone is 2. The molecule has 0 fully saturated rings. The summed E-state index contributed by atoms with van der Waals surface area (Å²) in [5.74, 6) is -0.788. The number of rotatable bonds is 5. The van der Waals surface area contributed by atoms with Crippen LogP contribution in [0.15, 0.2) is 45.5 Å². The van der Waals surface area contributed by atoms with Crippen LogP contribution in [0.5, 0.6) is 5.75 Å². The van der Waals surface area contributed by atoms with E-state index in [9.17, 15) is 9.59 Å². The zero-order chi connectivity index (χ0) is 18.7. The molecule has 0 radical (unpaired) electrons. The van der Waals surface area contributed by atoms with E-state index in [-0.39, 0.29) is 23.8 Å². The van der Waals surface area contributed by atoms with Crippen LogP contribution in [0.2, 0.25) is 0 Å². The molecular formula is C18H20BrNO5. The van der Waals surface area contributed by atoms with E-state index in [1.807, 2.05) is 6.07 Å². The molecule has 0 saturated carbocycles. The summed E-state index contributed by atoms with van der Waals surface area (Å²) in [7, 11) is 1.52. The molecule has 1 aromatic rings. The topological polar surface area (TPSA) is 87.9 Å². The van der Waals surface area contributed by atoms with E-state index in [0.29, 0.717) is 22.6 Å². The van der Waals surface area contributed by atoms with Crippen LogP contribution in [0.1, 0.15) is 32.3 Å². The first kappa shape index (κ1) is 19.1. The summed E-state index contributed by atoms with van der Waals surface area (Å²) in [6.45, 7) is 4.93. The fourth-order valence-corrected chi connectivity index (χ4v) is 3.26. The Bertz CT molecular complexity index is 782. The van der Waals surface area contributed by atoms with Gasteiger partial charge < -0.3 is 19.9 Å². The van der Waals surface area contributed by atoms with Crippen molar-refractivity contribution in [2.45, 2.75) is 26.7 Å². The second kappa shape index (κ2) is 7.74. The van der Waals surface area contributed by atoms with Crippen molar-refractivity contribution < 1.29 is 23.8 Å². The van der Waals surface area contributed by atoms with E-state index < -0.39 is 11.9 Å². The van der Waals surface area contributed by atoms with Gasteiger partial charge in [-0.1, -0.05) is 15.9 Å². The van der Waals surface area contributed by atoms with Crippen molar-refractivity contribution in [1.29, 1.82) is 0 Å². The van der Waals surface area contributed by atoms with Crippen LogP contribution in [0.25, 0.3) is 0 Å². The molecule has 0 bridgehead atoms. The molecule has 25 heavy (non-hydrogen) atoms. The number of benzene rings is 1. The standard InChI is InChI=1S/C18H20BrNO5/c1-5-24-18(22)16-15(12-8-11(19)6-7-13(12)23-4)14(9(2)21)10(3)25-17(16)20/h6-8,15H,5,20H2,1-4H3/t15-/m1/s1. The minimum absolute atomic E-state index is 0.0759. The Kier molecular flexibility index (Phi) is 5.89. The Labute approximate surface area is 154 Å². The first-order valence-corrected chi connectivity index (χ1v) is 8.50. The molecule has 0 aromatic heterocycles. The second-order valence-electron chi connectivity index (χ2n) is 5.45. The molecule has 7 heteroatoms. The van der Waals surface area contributed by atoms with Crippen LogP contribution in [-0.4, -0.2) is 25.5 Å². The third kappa shape index (κ3) is 3.71. The first-order chi connectivity index (χ1) is 11.8. The van der Waals surface area contributed by atoms with Gasteiger partial charge in [0, 0.05) is 15.6 Å². The number of halogens is 1. The highest BCUT2D eigenvalue weighted by atomic mass is 79.9. The normalized spacial score (nSPS) is 17.2. The Balaban J connectivity index is 2.76. The molecule has 1 heterocycles. The quantitative estimate of drug-likeness (QED) is 0.751. The van der Waals surface area contributed by atoms with Gasteiger partial charge in [0.25, 0.3) is 0 Å². The molecule has 0 unspecified atom stereocenters. The van der Waals surface area contributed by atoms with Crippen molar-refractivity contribution in [2.24, 2.45) is 5.73 Å². The number of methoxy groups -OCH3 is 1. The number of esters is 1. The molecular weight excluding hydrogens is 390 g/mol. The summed E-state index contributed by atoms with van der Waals surface area (Å²) in [5, 5.41) is 0. The average Bonchev–Trinajstić information content (AvgIpc) is 2.53. The molecule has 1 aliphatic rings. The maximum absolute atomic E-state index is 12.5. The van der Waals surface area contributed by atoms with Gasteiger partial charge in [-0.2, -0.15) is 0 Å². The number of ether oxygens (including phenoxy) is 3. The fraction of sp³-hybridized carbons (Fsp3) is 0.333. The van der Waals surface area contributed by atoms with E-state index in [1.165, 1.54) is 14.0 Å². The maximum atomic E-state index is 12.5. The van der Waals surface area contributed by atoms with E-state index in [0.717, 1.165) is 4.47 Å². The summed E-state index contributed by atoms with van der Waals surface area (Å²) in [5.41, 5.74) is 7.03.